The molecule has 150 valence electrons. The van der Waals surface area contributed by atoms with Crippen LogP contribution in [0.4, 0.5) is 0 Å². The number of carbonyl (C=O) groups is 2. The lowest BCUT2D eigenvalue weighted by Gasteiger charge is -2.16. The Morgan fingerprint density at radius 2 is 1.04 bits per heavy atom. The van der Waals surface area contributed by atoms with E-state index < -0.39 is 0 Å². The van der Waals surface area contributed by atoms with Crippen LogP contribution in [0.1, 0.15) is 62.5 Å². The average Bonchev–Trinajstić information content (AvgIpc) is 2.73. The lowest BCUT2D eigenvalue weighted by atomic mass is 9.95. The van der Waals surface area contributed by atoms with Gasteiger partial charge in [0.25, 0.3) is 0 Å². The van der Waals surface area contributed by atoms with E-state index >= 15 is 0 Å². The number of hydrogen-bond donors (Lipinski definition) is 2. The van der Waals surface area contributed by atoms with Crippen molar-refractivity contribution in [1.29, 1.82) is 0 Å². The summed E-state index contributed by atoms with van der Waals surface area (Å²) < 4.78 is 0. The van der Waals surface area contributed by atoms with E-state index in [1.807, 2.05) is 74.5 Å². The Balaban J connectivity index is 1.67. The fraction of sp³-hybridized carbons (Fsp3) is 0.417. The highest BCUT2D eigenvalue weighted by atomic mass is 16.2. The molecular weight excluding hydrogens is 348 g/mol. The quantitative estimate of drug-likeness (QED) is 0.568. The predicted octanol–water partition coefficient (Wildman–Crippen LogP) is 4.39. The van der Waals surface area contributed by atoms with Crippen molar-refractivity contribution in [2.75, 3.05) is 13.1 Å². The first-order valence-electron chi connectivity index (χ1n) is 10.3. The van der Waals surface area contributed by atoms with Crippen molar-refractivity contribution in [1.82, 2.24) is 10.6 Å². The molecule has 0 spiro atoms. The predicted molar refractivity (Wildman–Crippen MR) is 114 cm³/mol. The van der Waals surface area contributed by atoms with Gasteiger partial charge < -0.3 is 10.6 Å². The molecular formula is C24H32N2O2. The Hall–Kier alpha value is -2.62. The second kappa shape index (κ2) is 12.0. The molecule has 2 atom stereocenters. The number of amides is 2. The molecule has 2 rings (SSSR count). The third-order valence-electron chi connectivity index (χ3n) is 5.06. The van der Waals surface area contributed by atoms with Gasteiger partial charge in [0.05, 0.1) is 11.8 Å². The van der Waals surface area contributed by atoms with E-state index in [4.69, 9.17) is 0 Å². The van der Waals surface area contributed by atoms with Gasteiger partial charge in [-0.05, 0) is 36.8 Å². The molecule has 2 aromatic carbocycles. The van der Waals surface area contributed by atoms with Crippen molar-refractivity contribution in [3.05, 3.63) is 71.8 Å². The zero-order valence-corrected chi connectivity index (χ0v) is 17.0. The Labute approximate surface area is 168 Å². The molecule has 0 bridgehead atoms. The summed E-state index contributed by atoms with van der Waals surface area (Å²) in [5, 5.41) is 6.06. The maximum atomic E-state index is 12.4. The van der Waals surface area contributed by atoms with Crippen molar-refractivity contribution < 1.29 is 9.59 Å². The molecule has 0 unspecified atom stereocenters. The maximum Gasteiger partial charge on any atom is 0.227 e. The topological polar surface area (TPSA) is 58.2 Å². The van der Waals surface area contributed by atoms with E-state index in [1.165, 1.54) is 0 Å². The highest BCUT2D eigenvalue weighted by Crippen LogP contribution is 2.20. The minimum absolute atomic E-state index is 0.0767. The van der Waals surface area contributed by atoms with Gasteiger partial charge in [-0.15, -0.1) is 0 Å². The minimum atomic E-state index is -0.0999. The molecule has 0 heterocycles. The molecule has 4 heteroatoms. The lowest BCUT2D eigenvalue weighted by Crippen LogP contribution is -2.32. The van der Waals surface area contributed by atoms with Crippen LogP contribution in [0.2, 0.25) is 0 Å². The molecule has 0 saturated carbocycles. The van der Waals surface area contributed by atoms with E-state index in [0.29, 0.717) is 13.1 Å². The van der Waals surface area contributed by atoms with Gasteiger partial charge >= 0.3 is 0 Å². The molecule has 2 N–H and O–H groups in total. The smallest absolute Gasteiger partial charge is 0.227 e. The first-order valence-corrected chi connectivity index (χ1v) is 10.3. The molecule has 0 aliphatic carbocycles. The molecule has 0 aliphatic heterocycles. The van der Waals surface area contributed by atoms with Crippen molar-refractivity contribution in [2.24, 2.45) is 0 Å². The summed E-state index contributed by atoms with van der Waals surface area (Å²) >= 11 is 0. The van der Waals surface area contributed by atoms with Crippen molar-refractivity contribution >= 4 is 11.8 Å². The van der Waals surface area contributed by atoms with Gasteiger partial charge in [-0.25, -0.2) is 0 Å². The third-order valence-corrected chi connectivity index (χ3v) is 5.06. The Morgan fingerprint density at radius 1 is 0.679 bits per heavy atom. The van der Waals surface area contributed by atoms with Crippen LogP contribution in [0.15, 0.2) is 60.7 Å². The highest BCUT2D eigenvalue weighted by molar-refractivity contribution is 5.84. The molecule has 28 heavy (non-hydrogen) atoms. The summed E-state index contributed by atoms with van der Waals surface area (Å²) in [6.07, 6.45) is 3.26. The first-order chi connectivity index (χ1) is 13.7. The number of nitrogens with one attached hydrogen (secondary N) is 2. The largest absolute Gasteiger partial charge is 0.356 e. The van der Waals surface area contributed by atoms with Crippen molar-refractivity contribution in [2.45, 2.75) is 51.4 Å². The van der Waals surface area contributed by atoms with Crippen LogP contribution in [-0.2, 0) is 9.59 Å². The van der Waals surface area contributed by atoms with Gasteiger partial charge in [0.1, 0.15) is 0 Å². The Morgan fingerprint density at radius 3 is 1.36 bits per heavy atom. The van der Waals surface area contributed by atoms with Crippen LogP contribution in [-0.4, -0.2) is 24.9 Å². The van der Waals surface area contributed by atoms with Crippen molar-refractivity contribution in [3.8, 4) is 0 Å². The lowest BCUT2D eigenvalue weighted by molar-refractivity contribution is -0.123. The second-order valence-electron chi connectivity index (χ2n) is 7.03. The molecule has 4 nitrogen and oxygen atoms in total. The standard InChI is InChI=1S/C24H32N2O2/c1-3-21(19-13-7-5-8-14-19)23(27)25-17-11-12-18-26-24(28)22(4-2)20-15-9-6-10-16-20/h5-10,13-16,21-22H,3-4,11-12,17-18H2,1-2H3,(H,25,27)(H,26,28)/t21-,22+. The van der Waals surface area contributed by atoms with Gasteiger partial charge in [0.15, 0.2) is 0 Å². The van der Waals surface area contributed by atoms with Crippen LogP contribution in [0.5, 0.6) is 0 Å². The van der Waals surface area contributed by atoms with Crippen LogP contribution < -0.4 is 10.6 Å². The first kappa shape index (κ1) is 21.7. The fourth-order valence-electron chi connectivity index (χ4n) is 3.44. The van der Waals surface area contributed by atoms with Gasteiger partial charge in [0, 0.05) is 13.1 Å². The summed E-state index contributed by atoms with van der Waals surface area (Å²) in [7, 11) is 0. The number of benzene rings is 2. The maximum absolute atomic E-state index is 12.4. The highest BCUT2D eigenvalue weighted by Gasteiger charge is 2.18. The number of hydrogen-bond acceptors (Lipinski definition) is 2. The fourth-order valence-corrected chi connectivity index (χ4v) is 3.44. The van der Waals surface area contributed by atoms with Crippen LogP contribution in [0.25, 0.3) is 0 Å². The molecule has 2 aromatic rings. The van der Waals surface area contributed by atoms with Crippen LogP contribution >= 0.6 is 0 Å². The Kier molecular flexibility index (Phi) is 9.26. The third kappa shape index (κ3) is 6.52. The zero-order valence-electron chi connectivity index (χ0n) is 17.0. The van der Waals surface area contributed by atoms with E-state index in [2.05, 4.69) is 10.6 Å². The van der Waals surface area contributed by atoms with Gasteiger partial charge in [-0.3, -0.25) is 9.59 Å². The summed E-state index contributed by atoms with van der Waals surface area (Å²) in [4.78, 5) is 24.8. The number of carbonyl (C=O) groups excluding carboxylic acids is 2. The molecule has 0 saturated heterocycles. The molecule has 0 fully saturated rings. The molecule has 2 amide bonds. The van der Waals surface area contributed by atoms with Gasteiger partial charge in [-0.1, -0.05) is 74.5 Å². The summed E-state index contributed by atoms with van der Waals surface area (Å²) in [5.41, 5.74) is 2.11. The van der Waals surface area contributed by atoms with E-state index in [9.17, 15) is 9.59 Å². The van der Waals surface area contributed by atoms with E-state index in [0.717, 1.165) is 36.8 Å². The molecule has 0 radical (unpaired) electrons. The van der Waals surface area contributed by atoms with Crippen molar-refractivity contribution in [3.63, 3.8) is 0 Å². The Bertz CT molecular complexity index is 652. The summed E-state index contributed by atoms with van der Waals surface area (Å²) in [6, 6.07) is 19.8. The van der Waals surface area contributed by atoms with Crippen LogP contribution in [0.3, 0.4) is 0 Å². The molecule has 0 aromatic heterocycles. The van der Waals surface area contributed by atoms with E-state index in [-0.39, 0.29) is 23.7 Å². The van der Waals surface area contributed by atoms with Crippen LogP contribution in [0, 0.1) is 0 Å². The zero-order chi connectivity index (χ0) is 20.2. The van der Waals surface area contributed by atoms with E-state index in [1.54, 1.807) is 0 Å². The summed E-state index contributed by atoms with van der Waals surface area (Å²) in [6.45, 7) is 5.33. The minimum Gasteiger partial charge on any atom is -0.356 e. The second-order valence-corrected chi connectivity index (χ2v) is 7.03. The normalized spacial score (nSPS) is 12.8. The SMILES string of the molecule is CC[C@H](C(=O)NCCCCNC(=O)[C@H](CC)c1ccccc1)c1ccccc1. The van der Waals surface area contributed by atoms with Gasteiger partial charge in [-0.2, -0.15) is 0 Å². The number of rotatable bonds is 11. The monoisotopic (exact) mass is 380 g/mol. The molecule has 0 aliphatic rings. The summed E-state index contributed by atoms with van der Waals surface area (Å²) in [5.74, 6) is -0.0464. The van der Waals surface area contributed by atoms with Gasteiger partial charge in [0.2, 0.25) is 11.8 Å². The number of unbranched alkanes of at least 4 members (excludes halogenated alkanes) is 1. The average molecular weight is 381 g/mol.